The Morgan fingerprint density at radius 1 is 1.00 bits per heavy atom. The molecule has 0 saturated heterocycles. The van der Waals surface area contributed by atoms with Crippen LogP contribution < -0.4 is 15.8 Å². The predicted octanol–water partition coefficient (Wildman–Crippen LogP) is 1.89. The van der Waals surface area contributed by atoms with Gasteiger partial charge in [0, 0.05) is 25.3 Å². The molecule has 0 saturated carbocycles. The smallest absolute Gasteiger partial charge is 0.279 e. The van der Waals surface area contributed by atoms with Crippen LogP contribution in [0.25, 0.3) is 0 Å². The Morgan fingerprint density at radius 2 is 1.65 bits per heavy atom. The van der Waals surface area contributed by atoms with Gasteiger partial charge in [-0.2, -0.15) is 0 Å². The first-order valence-electron chi connectivity index (χ1n) is 5.99. The Hall–Kier alpha value is -2.34. The Bertz CT molecular complexity index is 591. The maximum absolute atomic E-state index is 11.9. The number of hydrogen-bond donors (Lipinski definition) is 2. The van der Waals surface area contributed by atoms with Crippen LogP contribution in [0.1, 0.15) is 20.0 Å². The van der Waals surface area contributed by atoms with Gasteiger partial charge in [0.15, 0.2) is 0 Å². The molecular formula is C14H15N3O2S. The van der Waals surface area contributed by atoms with Crippen molar-refractivity contribution >= 4 is 28.8 Å². The minimum absolute atomic E-state index is 0.321. The molecule has 0 atom stereocenters. The van der Waals surface area contributed by atoms with Crippen molar-refractivity contribution in [3.05, 3.63) is 52.2 Å². The first-order valence-corrected chi connectivity index (χ1v) is 6.87. The van der Waals surface area contributed by atoms with E-state index in [0.717, 1.165) is 5.69 Å². The SMILES string of the molecule is CN(C)c1ccc(C(=O)NNC(=O)c2cccs2)cc1. The fourth-order valence-electron chi connectivity index (χ4n) is 1.57. The summed E-state index contributed by atoms with van der Waals surface area (Å²) in [5.74, 6) is -0.668. The average Bonchev–Trinajstić information content (AvgIpc) is 2.98. The lowest BCUT2D eigenvalue weighted by atomic mass is 10.2. The van der Waals surface area contributed by atoms with E-state index in [1.165, 1.54) is 11.3 Å². The predicted molar refractivity (Wildman–Crippen MR) is 80.0 cm³/mol. The van der Waals surface area contributed by atoms with Gasteiger partial charge < -0.3 is 4.90 Å². The van der Waals surface area contributed by atoms with Crippen LogP contribution in [-0.2, 0) is 0 Å². The number of carbonyl (C=O) groups is 2. The van der Waals surface area contributed by atoms with Gasteiger partial charge in [0.2, 0.25) is 0 Å². The Kier molecular flexibility index (Phi) is 4.37. The number of hydrazine groups is 1. The Balaban J connectivity index is 1.93. The number of nitrogens with zero attached hydrogens (tertiary/aromatic N) is 1. The molecule has 1 aromatic carbocycles. The first kappa shape index (κ1) is 14.1. The first-order chi connectivity index (χ1) is 9.58. The third-order valence-corrected chi connectivity index (χ3v) is 3.55. The molecular weight excluding hydrogens is 274 g/mol. The highest BCUT2D eigenvalue weighted by Gasteiger charge is 2.09. The van der Waals surface area contributed by atoms with Crippen LogP contribution in [0.2, 0.25) is 0 Å². The van der Waals surface area contributed by atoms with Gasteiger partial charge in [-0.25, -0.2) is 0 Å². The lowest BCUT2D eigenvalue weighted by Crippen LogP contribution is -2.41. The van der Waals surface area contributed by atoms with Crippen molar-refractivity contribution in [1.82, 2.24) is 10.9 Å². The molecule has 2 amide bonds. The van der Waals surface area contributed by atoms with E-state index < -0.39 is 0 Å². The van der Waals surface area contributed by atoms with Gasteiger partial charge in [0.25, 0.3) is 11.8 Å². The van der Waals surface area contributed by atoms with Crippen molar-refractivity contribution in [3.63, 3.8) is 0 Å². The maximum Gasteiger partial charge on any atom is 0.279 e. The summed E-state index contributed by atoms with van der Waals surface area (Å²) in [5.41, 5.74) is 6.26. The van der Waals surface area contributed by atoms with Crippen LogP contribution in [0.5, 0.6) is 0 Å². The summed E-state index contributed by atoms with van der Waals surface area (Å²) in [5, 5.41) is 1.80. The molecule has 0 spiro atoms. The number of amides is 2. The number of benzene rings is 1. The van der Waals surface area contributed by atoms with Crippen LogP contribution in [0, 0.1) is 0 Å². The summed E-state index contributed by atoms with van der Waals surface area (Å²) in [6.45, 7) is 0. The van der Waals surface area contributed by atoms with E-state index >= 15 is 0 Å². The molecule has 0 aliphatic rings. The zero-order chi connectivity index (χ0) is 14.5. The molecule has 2 N–H and O–H groups in total. The van der Waals surface area contributed by atoms with Crippen LogP contribution in [0.4, 0.5) is 5.69 Å². The number of carbonyl (C=O) groups excluding carboxylic acids is 2. The monoisotopic (exact) mass is 289 g/mol. The molecule has 5 nitrogen and oxygen atoms in total. The summed E-state index contributed by atoms with van der Waals surface area (Å²) < 4.78 is 0. The molecule has 104 valence electrons. The number of hydrogen-bond acceptors (Lipinski definition) is 4. The highest BCUT2D eigenvalue weighted by atomic mass is 32.1. The van der Waals surface area contributed by atoms with Crippen molar-refractivity contribution in [2.45, 2.75) is 0 Å². The molecule has 2 aromatic rings. The van der Waals surface area contributed by atoms with E-state index in [0.29, 0.717) is 10.4 Å². The Morgan fingerprint density at radius 3 is 2.20 bits per heavy atom. The Labute approximate surface area is 121 Å². The van der Waals surface area contributed by atoms with Crippen molar-refractivity contribution in [2.75, 3.05) is 19.0 Å². The molecule has 1 heterocycles. The van der Waals surface area contributed by atoms with Gasteiger partial charge >= 0.3 is 0 Å². The average molecular weight is 289 g/mol. The van der Waals surface area contributed by atoms with Crippen molar-refractivity contribution in [1.29, 1.82) is 0 Å². The lowest BCUT2D eigenvalue weighted by Gasteiger charge is -2.12. The molecule has 6 heteroatoms. The van der Waals surface area contributed by atoms with E-state index in [-0.39, 0.29) is 11.8 Å². The highest BCUT2D eigenvalue weighted by Crippen LogP contribution is 2.12. The zero-order valence-corrected chi connectivity index (χ0v) is 12.0. The van der Waals surface area contributed by atoms with E-state index in [9.17, 15) is 9.59 Å². The summed E-state index contributed by atoms with van der Waals surface area (Å²) in [4.78, 5) is 26.0. The molecule has 0 fully saturated rings. The van der Waals surface area contributed by atoms with Gasteiger partial charge in [-0.05, 0) is 35.7 Å². The maximum atomic E-state index is 11.9. The fraction of sp³-hybridized carbons (Fsp3) is 0.143. The number of thiophene rings is 1. The standard InChI is InChI=1S/C14H15N3O2S/c1-17(2)11-7-5-10(6-8-11)13(18)15-16-14(19)12-4-3-9-20-12/h3-9H,1-2H3,(H,15,18)(H,16,19). The van der Waals surface area contributed by atoms with E-state index in [4.69, 9.17) is 0 Å². The van der Waals surface area contributed by atoms with Crippen molar-refractivity contribution in [2.24, 2.45) is 0 Å². The van der Waals surface area contributed by atoms with Gasteiger partial charge in [0.1, 0.15) is 0 Å². The van der Waals surface area contributed by atoms with Crippen molar-refractivity contribution in [3.8, 4) is 0 Å². The van der Waals surface area contributed by atoms with Crippen LogP contribution in [-0.4, -0.2) is 25.9 Å². The zero-order valence-electron chi connectivity index (χ0n) is 11.2. The van der Waals surface area contributed by atoms with E-state index in [1.807, 2.05) is 31.1 Å². The second-order valence-corrected chi connectivity index (χ2v) is 5.27. The quantitative estimate of drug-likeness (QED) is 0.848. The topological polar surface area (TPSA) is 61.4 Å². The summed E-state index contributed by atoms with van der Waals surface area (Å²) >= 11 is 1.31. The molecule has 0 unspecified atom stereocenters. The molecule has 0 aliphatic carbocycles. The summed E-state index contributed by atoms with van der Waals surface area (Å²) in [7, 11) is 3.85. The number of anilines is 1. The second-order valence-electron chi connectivity index (χ2n) is 4.33. The molecule has 0 bridgehead atoms. The molecule has 1 aromatic heterocycles. The van der Waals surface area contributed by atoms with Crippen LogP contribution in [0.15, 0.2) is 41.8 Å². The highest BCUT2D eigenvalue weighted by molar-refractivity contribution is 7.12. The lowest BCUT2D eigenvalue weighted by molar-refractivity contribution is 0.0849. The minimum Gasteiger partial charge on any atom is -0.378 e. The van der Waals surface area contributed by atoms with Crippen LogP contribution in [0.3, 0.4) is 0 Å². The molecule has 0 aliphatic heterocycles. The molecule has 20 heavy (non-hydrogen) atoms. The third-order valence-electron chi connectivity index (χ3n) is 2.68. The second kappa shape index (κ2) is 6.21. The van der Waals surface area contributed by atoms with Gasteiger partial charge in [-0.1, -0.05) is 6.07 Å². The van der Waals surface area contributed by atoms with E-state index in [1.54, 1.807) is 29.6 Å². The number of nitrogens with one attached hydrogen (secondary N) is 2. The van der Waals surface area contributed by atoms with Gasteiger partial charge in [0.05, 0.1) is 4.88 Å². The largest absolute Gasteiger partial charge is 0.378 e. The van der Waals surface area contributed by atoms with E-state index in [2.05, 4.69) is 10.9 Å². The molecule has 0 radical (unpaired) electrons. The molecule has 2 rings (SSSR count). The van der Waals surface area contributed by atoms with Gasteiger partial charge in [-0.3, -0.25) is 20.4 Å². The normalized spacial score (nSPS) is 9.90. The van der Waals surface area contributed by atoms with Crippen molar-refractivity contribution < 1.29 is 9.59 Å². The summed E-state index contributed by atoms with van der Waals surface area (Å²) in [6, 6.07) is 10.6. The van der Waals surface area contributed by atoms with Crippen LogP contribution >= 0.6 is 11.3 Å². The minimum atomic E-state index is -0.347. The summed E-state index contributed by atoms with van der Waals surface area (Å²) in [6.07, 6.45) is 0. The van der Waals surface area contributed by atoms with Gasteiger partial charge in [-0.15, -0.1) is 11.3 Å². The fourth-order valence-corrected chi connectivity index (χ4v) is 2.18. The number of rotatable bonds is 3. The third kappa shape index (κ3) is 3.36.